The third kappa shape index (κ3) is 20.4. The maximum absolute atomic E-state index is 5.90. The summed E-state index contributed by atoms with van der Waals surface area (Å²) in [4.78, 5) is 0. The zero-order valence-electron chi connectivity index (χ0n) is 9.41. The Morgan fingerprint density at radius 1 is 0.556 bits per heavy atom. The van der Waals surface area contributed by atoms with E-state index in [0.717, 1.165) is 0 Å². The summed E-state index contributed by atoms with van der Waals surface area (Å²) in [5, 5.41) is 0. The van der Waals surface area contributed by atoms with Gasteiger partial charge in [-0.2, -0.15) is 72.8 Å². The molecule has 2 aromatic rings. The molecule has 2 heteroatoms. The van der Waals surface area contributed by atoms with Crippen molar-refractivity contribution in [1.29, 1.82) is 0 Å². The molecule has 0 aliphatic heterocycles. The fourth-order valence-corrected chi connectivity index (χ4v) is 0.684. The van der Waals surface area contributed by atoms with Gasteiger partial charge in [0, 0.05) is 0 Å². The predicted octanol–water partition coefficient (Wildman–Crippen LogP) is 3.13. The van der Waals surface area contributed by atoms with Crippen LogP contribution in [0, 0.1) is 36.8 Å². The molecule has 0 amide bonds. The molecule has 0 N–H and O–H groups in total. The van der Waals surface area contributed by atoms with Crippen LogP contribution in [0.25, 0.3) is 0 Å². The predicted molar refractivity (Wildman–Crippen MR) is 64.8 cm³/mol. The second kappa shape index (κ2) is 21.2. The van der Waals surface area contributed by atoms with E-state index < -0.39 is 0 Å². The minimum Gasteiger partial charge on any atom is -0.500 e. The molecular weight excluding hydrogens is 582 g/mol. The summed E-state index contributed by atoms with van der Waals surface area (Å²) in [6.07, 6.45) is 11.8. The van der Waals surface area contributed by atoms with Gasteiger partial charge in [-0.15, -0.1) is 0 Å². The van der Waals surface area contributed by atoms with Crippen LogP contribution in [-0.2, 0) is 42.1 Å². The Morgan fingerprint density at radius 2 is 0.833 bits per heavy atom. The SMILES string of the molecule is [C-]#CC#[C-].[Pt+2].[Pt+2].[c-]1ccccc1.[c-]1ccccc1. The third-order valence-electron chi connectivity index (χ3n) is 1.28. The maximum atomic E-state index is 5.90. The van der Waals surface area contributed by atoms with Crippen molar-refractivity contribution in [2.45, 2.75) is 0 Å². The molecule has 0 unspecified atom stereocenters. The van der Waals surface area contributed by atoms with E-state index in [4.69, 9.17) is 12.8 Å². The molecule has 2 rings (SSSR count). The Bertz CT molecular complexity index is 313. The van der Waals surface area contributed by atoms with E-state index in [9.17, 15) is 0 Å². The Kier molecular flexibility index (Phi) is 26.1. The number of rotatable bonds is 0. The van der Waals surface area contributed by atoms with Gasteiger partial charge in [0.2, 0.25) is 0 Å². The van der Waals surface area contributed by atoms with E-state index in [0.29, 0.717) is 0 Å². The number of hydrogen-bond donors (Lipinski definition) is 0. The van der Waals surface area contributed by atoms with Gasteiger partial charge in [0.1, 0.15) is 0 Å². The molecule has 94 valence electrons. The molecule has 0 heterocycles. The van der Waals surface area contributed by atoms with Gasteiger partial charge in [-0.1, -0.05) is 0 Å². The Balaban J connectivity index is -0.000000182. The summed E-state index contributed by atoms with van der Waals surface area (Å²) in [6, 6.07) is 25.0. The van der Waals surface area contributed by atoms with Crippen molar-refractivity contribution in [3.63, 3.8) is 0 Å². The molecule has 0 aliphatic carbocycles. The van der Waals surface area contributed by atoms with Crippen molar-refractivity contribution < 1.29 is 42.1 Å². The summed E-state index contributed by atoms with van der Waals surface area (Å²) in [5.74, 6) is 3.19. The first-order valence-electron chi connectivity index (χ1n) is 4.57. The van der Waals surface area contributed by atoms with Crippen molar-refractivity contribution in [3.05, 3.63) is 85.6 Å². The molecule has 0 saturated carbocycles. The van der Waals surface area contributed by atoms with Crippen molar-refractivity contribution in [2.75, 3.05) is 0 Å². The van der Waals surface area contributed by atoms with Crippen LogP contribution in [0.2, 0.25) is 0 Å². The van der Waals surface area contributed by atoms with Crippen molar-refractivity contribution in [1.82, 2.24) is 0 Å². The van der Waals surface area contributed by atoms with Gasteiger partial charge >= 0.3 is 42.1 Å². The first-order chi connectivity index (χ1) is 7.91. The summed E-state index contributed by atoms with van der Waals surface area (Å²) >= 11 is 0. The van der Waals surface area contributed by atoms with Gasteiger partial charge in [-0.05, 0) is 0 Å². The molecule has 0 nitrogen and oxygen atoms in total. The van der Waals surface area contributed by atoms with Crippen LogP contribution in [0.1, 0.15) is 0 Å². The first-order valence-corrected chi connectivity index (χ1v) is 4.57. The van der Waals surface area contributed by atoms with Crippen LogP contribution in [-0.4, -0.2) is 0 Å². The number of hydrogen-bond acceptors (Lipinski definition) is 0. The van der Waals surface area contributed by atoms with Crippen LogP contribution < -0.4 is 0 Å². The third-order valence-corrected chi connectivity index (χ3v) is 1.28. The van der Waals surface area contributed by atoms with E-state index in [-0.39, 0.29) is 42.1 Å². The van der Waals surface area contributed by atoms with Crippen LogP contribution >= 0.6 is 0 Å². The standard InChI is InChI=1S/2C6H5.C4.2Pt/c2*1-2-4-6-5-3-1;1-3-4-2;;/h2*1-5H;;;/q2*-1;-2;2*+2. The Labute approximate surface area is 139 Å². The van der Waals surface area contributed by atoms with Gasteiger partial charge in [0.25, 0.3) is 0 Å². The van der Waals surface area contributed by atoms with Gasteiger partial charge in [-0.3, -0.25) is 0 Å². The molecule has 0 saturated heterocycles. The zero-order valence-corrected chi connectivity index (χ0v) is 14.0. The zero-order chi connectivity index (χ0) is 11.9. The monoisotopic (exact) mass is 592 g/mol. The summed E-state index contributed by atoms with van der Waals surface area (Å²) in [7, 11) is 0. The summed E-state index contributed by atoms with van der Waals surface area (Å²) in [5.41, 5.74) is 0. The van der Waals surface area contributed by atoms with Gasteiger partial charge in [0.05, 0.1) is 0 Å². The van der Waals surface area contributed by atoms with Gasteiger partial charge in [0.15, 0.2) is 0 Å². The molecule has 0 aliphatic rings. The molecular formula is C16H10Pt2. The van der Waals surface area contributed by atoms with Crippen LogP contribution in [0.15, 0.2) is 60.7 Å². The first kappa shape index (κ1) is 22.1. The molecule has 0 aromatic heterocycles. The van der Waals surface area contributed by atoms with E-state index in [2.05, 4.69) is 12.1 Å². The average Bonchev–Trinajstić information content (AvgIpc) is 2.44. The topological polar surface area (TPSA) is 0 Å². The summed E-state index contributed by atoms with van der Waals surface area (Å²) < 4.78 is 0. The van der Waals surface area contributed by atoms with E-state index in [1.165, 1.54) is 0 Å². The second-order valence-corrected chi connectivity index (χ2v) is 2.40. The second-order valence-electron chi connectivity index (χ2n) is 2.40. The van der Waals surface area contributed by atoms with Crippen LogP contribution in [0.3, 0.4) is 0 Å². The minimum absolute atomic E-state index is 0. The normalized spacial score (nSPS) is 5.89. The molecule has 0 fully saturated rings. The van der Waals surface area contributed by atoms with Crippen LogP contribution in [0.4, 0.5) is 0 Å². The molecule has 2 aromatic carbocycles. The van der Waals surface area contributed by atoms with Crippen molar-refractivity contribution in [3.8, 4) is 11.8 Å². The van der Waals surface area contributed by atoms with Crippen molar-refractivity contribution >= 4 is 0 Å². The van der Waals surface area contributed by atoms with E-state index >= 15 is 0 Å². The quantitative estimate of drug-likeness (QED) is 0.326. The maximum Gasteiger partial charge on any atom is 2.00 e. The Morgan fingerprint density at radius 3 is 0.889 bits per heavy atom. The van der Waals surface area contributed by atoms with Crippen molar-refractivity contribution in [2.24, 2.45) is 0 Å². The molecule has 0 bridgehead atoms. The smallest absolute Gasteiger partial charge is 0.500 e. The van der Waals surface area contributed by atoms with E-state index in [1.54, 1.807) is 11.8 Å². The fraction of sp³-hybridized carbons (Fsp3) is 0. The largest absolute Gasteiger partial charge is 2.00 e. The van der Waals surface area contributed by atoms with Gasteiger partial charge < -0.3 is 24.7 Å². The molecule has 0 atom stereocenters. The minimum atomic E-state index is 0. The molecule has 18 heavy (non-hydrogen) atoms. The Hall–Kier alpha value is -1.06. The average molecular weight is 592 g/mol. The molecule has 0 radical (unpaired) electrons. The van der Waals surface area contributed by atoms with E-state index in [1.807, 2.05) is 60.7 Å². The van der Waals surface area contributed by atoms with Gasteiger partial charge in [-0.25, -0.2) is 0 Å². The van der Waals surface area contributed by atoms with Crippen LogP contribution in [0.5, 0.6) is 0 Å². The molecule has 0 spiro atoms. The summed E-state index contributed by atoms with van der Waals surface area (Å²) in [6.45, 7) is 0. The fourth-order valence-electron chi connectivity index (χ4n) is 0.684. The number of benzene rings is 2.